The fourth-order valence-electron chi connectivity index (χ4n) is 2.87. The number of hydrogen-bond donors (Lipinski definition) is 0. The molecule has 0 aliphatic heterocycles. The highest BCUT2D eigenvalue weighted by Gasteiger charge is 2.16. The first-order chi connectivity index (χ1) is 12.6. The van der Waals surface area contributed by atoms with Crippen molar-refractivity contribution in [3.05, 3.63) is 48.7 Å². The Morgan fingerprint density at radius 1 is 1.15 bits per heavy atom. The van der Waals surface area contributed by atoms with Crippen molar-refractivity contribution in [1.29, 1.82) is 0 Å². The van der Waals surface area contributed by atoms with Crippen molar-refractivity contribution in [1.82, 2.24) is 24.5 Å². The second-order valence-corrected chi connectivity index (χ2v) is 6.64. The van der Waals surface area contributed by atoms with E-state index in [2.05, 4.69) is 19.9 Å². The van der Waals surface area contributed by atoms with Gasteiger partial charge in [0.15, 0.2) is 5.65 Å². The quantitative estimate of drug-likeness (QED) is 0.508. The van der Waals surface area contributed by atoms with Gasteiger partial charge in [-0.05, 0) is 36.2 Å². The first kappa shape index (κ1) is 16.6. The molecule has 0 aliphatic carbocycles. The van der Waals surface area contributed by atoms with E-state index in [9.17, 15) is 8.76 Å². The van der Waals surface area contributed by atoms with Gasteiger partial charge in [-0.15, -0.1) is 0 Å². The third kappa shape index (κ3) is 2.71. The average Bonchev–Trinajstić information content (AvgIpc) is 3.11. The van der Waals surface area contributed by atoms with Crippen molar-refractivity contribution in [3.8, 4) is 5.88 Å². The second kappa shape index (κ2) is 6.43. The number of ether oxygens (including phenoxy) is 1. The van der Waals surface area contributed by atoms with Crippen LogP contribution < -0.4 is 4.74 Å². The Morgan fingerprint density at radius 3 is 2.69 bits per heavy atom. The topological polar surface area (TPSA) is 106 Å². The summed E-state index contributed by atoms with van der Waals surface area (Å²) in [5, 5.41) is 0.852. The molecule has 0 bridgehead atoms. The van der Waals surface area contributed by atoms with Crippen LogP contribution >= 0.6 is 0 Å². The Morgan fingerprint density at radius 2 is 2.00 bits per heavy atom. The summed E-state index contributed by atoms with van der Waals surface area (Å²) >= 11 is -2.29. The Kier molecular flexibility index (Phi) is 4.09. The van der Waals surface area contributed by atoms with Crippen molar-refractivity contribution in [2.75, 3.05) is 7.11 Å². The van der Waals surface area contributed by atoms with Gasteiger partial charge in [0, 0.05) is 22.5 Å². The molecule has 0 aliphatic rings. The second-order valence-electron chi connectivity index (χ2n) is 5.70. The molecule has 0 amide bonds. The fraction of sp³-hybridized carbons (Fsp3) is 0.176. The van der Waals surface area contributed by atoms with Crippen molar-refractivity contribution < 1.29 is 13.5 Å². The van der Waals surface area contributed by atoms with Crippen LogP contribution in [0.5, 0.6) is 5.88 Å². The number of hydrogen-bond acceptors (Lipinski definition) is 7. The summed E-state index contributed by atoms with van der Waals surface area (Å²) in [4.78, 5) is 17.6. The number of pyridine rings is 3. The van der Waals surface area contributed by atoms with E-state index in [1.165, 1.54) is 12.3 Å². The molecule has 4 heterocycles. The molecule has 0 fully saturated rings. The van der Waals surface area contributed by atoms with E-state index in [-0.39, 0.29) is 10.9 Å². The van der Waals surface area contributed by atoms with Crippen LogP contribution in [-0.2, 0) is 11.1 Å². The van der Waals surface area contributed by atoms with Gasteiger partial charge in [-0.2, -0.15) is 4.98 Å². The lowest BCUT2D eigenvalue weighted by atomic mass is 10.2. The van der Waals surface area contributed by atoms with Gasteiger partial charge in [-0.1, -0.05) is 0 Å². The first-order valence-electron chi connectivity index (χ1n) is 7.80. The zero-order valence-electron chi connectivity index (χ0n) is 14.0. The van der Waals surface area contributed by atoms with Crippen LogP contribution in [0.1, 0.15) is 18.7 Å². The van der Waals surface area contributed by atoms with Crippen LogP contribution in [0.15, 0.2) is 47.9 Å². The minimum atomic E-state index is -2.29. The van der Waals surface area contributed by atoms with Gasteiger partial charge in [0.05, 0.1) is 36.9 Å². The fourth-order valence-corrected chi connectivity index (χ4v) is 3.19. The summed E-state index contributed by atoms with van der Waals surface area (Å²) in [5.41, 5.74) is 2.92. The van der Waals surface area contributed by atoms with E-state index >= 15 is 0 Å². The van der Waals surface area contributed by atoms with Crippen molar-refractivity contribution in [3.63, 3.8) is 0 Å². The van der Waals surface area contributed by atoms with Crippen molar-refractivity contribution in [2.45, 2.75) is 17.9 Å². The largest absolute Gasteiger partial charge is 0.768 e. The molecule has 0 N–H and O–H groups in total. The zero-order valence-corrected chi connectivity index (χ0v) is 14.8. The van der Waals surface area contributed by atoms with Gasteiger partial charge in [0.25, 0.3) is 0 Å². The number of nitrogens with zero attached hydrogens (tertiary/aromatic N) is 5. The molecule has 9 heteroatoms. The molecular formula is C17H14N5O3S-. The predicted octanol–water partition coefficient (Wildman–Crippen LogP) is 2.23. The lowest BCUT2D eigenvalue weighted by Gasteiger charge is -2.15. The van der Waals surface area contributed by atoms with Crippen LogP contribution in [0.25, 0.3) is 22.1 Å². The van der Waals surface area contributed by atoms with Gasteiger partial charge < -0.3 is 13.9 Å². The maximum atomic E-state index is 11.0. The maximum Gasteiger partial charge on any atom is 0.215 e. The van der Waals surface area contributed by atoms with Gasteiger partial charge >= 0.3 is 0 Å². The zero-order chi connectivity index (χ0) is 18.3. The van der Waals surface area contributed by atoms with E-state index < -0.39 is 11.1 Å². The molecule has 4 rings (SSSR count). The normalized spacial score (nSPS) is 13.8. The predicted molar refractivity (Wildman–Crippen MR) is 94.6 cm³/mol. The minimum Gasteiger partial charge on any atom is -0.768 e. The molecule has 0 aromatic carbocycles. The van der Waals surface area contributed by atoms with E-state index in [4.69, 9.17) is 4.74 Å². The van der Waals surface area contributed by atoms with Crippen LogP contribution in [0.3, 0.4) is 0 Å². The lowest BCUT2D eigenvalue weighted by Crippen LogP contribution is -2.08. The molecule has 1 unspecified atom stereocenters. The Balaban J connectivity index is 1.85. The molecule has 4 aromatic heterocycles. The molecule has 0 saturated heterocycles. The molecule has 8 nitrogen and oxygen atoms in total. The SMILES string of the molecule is COc1ccc2c(ncc3ncn([C@H](C)c4ccc(S(=O)[O-])cn4)c32)n1. The monoisotopic (exact) mass is 368 g/mol. The van der Waals surface area contributed by atoms with Gasteiger partial charge in [0.1, 0.15) is 5.52 Å². The lowest BCUT2D eigenvalue weighted by molar-refractivity contribution is 0.399. The number of methoxy groups -OCH3 is 1. The summed E-state index contributed by atoms with van der Waals surface area (Å²) in [6, 6.07) is 6.77. The van der Waals surface area contributed by atoms with Crippen LogP contribution in [0.2, 0.25) is 0 Å². The molecule has 0 spiro atoms. The summed E-state index contributed by atoms with van der Waals surface area (Å²) in [5.74, 6) is 0.492. The summed E-state index contributed by atoms with van der Waals surface area (Å²) in [6.45, 7) is 1.97. The molecule has 26 heavy (non-hydrogen) atoms. The Labute approximate surface area is 151 Å². The number of fused-ring (bicyclic) bond motifs is 3. The van der Waals surface area contributed by atoms with Crippen LogP contribution in [0, 0.1) is 0 Å². The summed E-state index contributed by atoms with van der Waals surface area (Å²) in [7, 11) is 1.56. The van der Waals surface area contributed by atoms with Crippen molar-refractivity contribution in [2.24, 2.45) is 0 Å². The third-order valence-corrected chi connectivity index (χ3v) is 4.87. The van der Waals surface area contributed by atoms with Gasteiger partial charge in [0.2, 0.25) is 5.88 Å². The van der Waals surface area contributed by atoms with Crippen molar-refractivity contribution >= 4 is 33.1 Å². The highest BCUT2D eigenvalue weighted by atomic mass is 32.2. The first-order valence-corrected chi connectivity index (χ1v) is 8.87. The van der Waals surface area contributed by atoms with Crippen LogP contribution in [0.4, 0.5) is 0 Å². The number of aromatic nitrogens is 5. The molecule has 132 valence electrons. The van der Waals surface area contributed by atoms with E-state index in [0.717, 1.165) is 22.1 Å². The number of imidazole rings is 1. The van der Waals surface area contributed by atoms with Crippen LogP contribution in [-0.4, -0.2) is 40.4 Å². The number of rotatable bonds is 4. The van der Waals surface area contributed by atoms with Gasteiger partial charge in [-0.3, -0.25) is 9.19 Å². The summed E-state index contributed by atoms with van der Waals surface area (Å²) in [6.07, 6.45) is 4.74. The molecule has 2 atom stereocenters. The highest BCUT2D eigenvalue weighted by Crippen LogP contribution is 2.28. The Bertz CT molecular complexity index is 1130. The van der Waals surface area contributed by atoms with Gasteiger partial charge in [-0.25, -0.2) is 9.97 Å². The summed E-state index contributed by atoms with van der Waals surface area (Å²) < 4.78 is 29.1. The molecule has 0 radical (unpaired) electrons. The highest BCUT2D eigenvalue weighted by molar-refractivity contribution is 7.79. The molecule has 4 aromatic rings. The molecular weight excluding hydrogens is 354 g/mol. The maximum absolute atomic E-state index is 11.0. The van der Waals surface area contributed by atoms with E-state index in [1.807, 2.05) is 17.6 Å². The van der Waals surface area contributed by atoms with E-state index in [0.29, 0.717) is 11.5 Å². The third-order valence-electron chi connectivity index (χ3n) is 4.24. The standard InChI is InChI=1S/C17H15N5O3S/c1-10(13-5-3-11(7-18-13)26(23)24)22-9-20-14-8-19-17-12(16(14)22)4-6-15(21-17)25-2/h3-10H,1-2H3,(H,23,24)/p-1/t10-/m1/s1. The smallest absolute Gasteiger partial charge is 0.215 e. The van der Waals surface area contributed by atoms with E-state index in [1.54, 1.807) is 31.8 Å². The Hall–Kier alpha value is -2.91. The minimum absolute atomic E-state index is 0.151. The molecule has 0 saturated carbocycles. The average molecular weight is 368 g/mol.